The molecule has 0 bridgehead atoms. The predicted octanol–water partition coefficient (Wildman–Crippen LogP) is 3.78. The van der Waals surface area contributed by atoms with Crippen molar-refractivity contribution in [2.45, 2.75) is 6.42 Å². The van der Waals surface area contributed by atoms with E-state index < -0.39 is 0 Å². The molecule has 1 aliphatic heterocycles. The number of methoxy groups -OCH3 is 1. The Kier molecular flexibility index (Phi) is 4.85. The Morgan fingerprint density at radius 2 is 1.74 bits per heavy atom. The Bertz CT molecular complexity index is 966. The number of nitrogen functional groups attached to an aromatic ring is 1. The third-order valence-corrected chi connectivity index (χ3v) is 4.71. The van der Waals surface area contributed by atoms with Crippen LogP contribution in [0.1, 0.15) is 12.2 Å². The second-order valence-electron chi connectivity index (χ2n) is 6.43. The van der Waals surface area contributed by atoms with Crippen molar-refractivity contribution in [1.82, 2.24) is 15.3 Å². The lowest BCUT2D eigenvalue weighted by molar-refractivity contribution is 0.415. The quantitative estimate of drug-likeness (QED) is 0.742. The lowest BCUT2D eigenvalue weighted by Gasteiger charge is -2.17. The van der Waals surface area contributed by atoms with E-state index in [1.165, 1.54) is 0 Å². The van der Waals surface area contributed by atoms with Crippen LogP contribution in [-0.4, -0.2) is 30.2 Å². The molecule has 2 aromatic carbocycles. The van der Waals surface area contributed by atoms with Gasteiger partial charge in [0.05, 0.1) is 18.4 Å². The molecule has 1 aliphatic rings. The summed E-state index contributed by atoms with van der Waals surface area (Å²) in [7, 11) is 1.66. The topological polar surface area (TPSA) is 73.1 Å². The van der Waals surface area contributed by atoms with Crippen LogP contribution in [0.15, 0.2) is 60.7 Å². The highest BCUT2D eigenvalue weighted by Gasteiger charge is 2.18. The van der Waals surface area contributed by atoms with Crippen molar-refractivity contribution < 1.29 is 4.74 Å². The Morgan fingerprint density at radius 1 is 0.963 bits per heavy atom. The minimum Gasteiger partial charge on any atom is -0.497 e. The first-order valence-electron chi connectivity index (χ1n) is 9.04. The third kappa shape index (κ3) is 3.55. The van der Waals surface area contributed by atoms with E-state index in [1.807, 2.05) is 42.5 Å². The smallest absolute Gasteiger partial charge is 0.157 e. The number of anilines is 1. The normalized spacial score (nSPS) is 13.9. The average molecular weight is 358 g/mol. The third-order valence-electron chi connectivity index (χ3n) is 4.71. The van der Waals surface area contributed by atoms with Crippen LogP contribution in [0.3, 0.4) is 0 Å². The van der Waals surface area contributed by atoms with E-state index in [2.05, 4.69) is 28.5 Å². The van der Waals surface area contributed by atoms with Crippen LogP contribution in [0, 0.1) is 0 Å². The second-order valence-corrected chi connectivity index (χ2v) is 6.43. The van der Waals surface area contributed by atoms with Gasteiger partial charge in [0, 0.05) is 12.1 Å². The van der Waals surface area contributed by atoms with Gasteiger partial charge >= 0.3 is 0 Å². The lowest BCUT2D eigenvalue weighted by atomic mass is 9.98. The Hall–Kier alpha value is -3.18. The van der Waals surface area contributed by atoms with Crippen LogP contribution in [0.4, 0.5) is 5.82 Å². The van der Waals surface area contributed by atoms with Gasteiger partial charge in [-0.3, -0.25) is 0 Å². The number of nitrogens with two attached hydrogens (primary N) is 1. The monoisotopic (exact) mass is 358 g/mol. The maximum atomic E-state index is 6.44. The maximum absolute atomic E-state index is 6.44. The summed E-state index contributed by atoms with van der Waals surface area (Å²) in [5.41, 5.74) is 11.3. The molecule has 5 nitrogen and oxygen atoms in total. The highest BCUT2D eigenvalue weighted by atomic mass is 16.5. The number of benzene rings is 2. The molecule has 27 heavy (non-hydrogen) atoms. The molecule has 5 heteroatoms. The summed E-state index contributed by atoms with van der Waals surface area (Å²) in [5.74, 6) is 2.00. The number of nitrogens with one attached hydrogen (secondary N) is 1. The highest BCUT2D eigenvalue weighted by molar-refractivity contribution is 5.88. The van der Waals surface area contributed by atoms with E-state index in [0.29, 0.717) is 11.6 Å². The molecule has 3 aromatic rings. The summed E-state index contributed by atoms with van der Waals surface area (Å²) >= 11 is 0. The standard InChI is InChI=1S/C22H22N4O/c1-27-18-9-7-15(8-10-18)19-20(16-5-3-2-4-6-16)25-22(26-21(19)23)17-11-13-24-14-12-17/h2-11,24H,12-14H2,1H3,(H2,23,25,26). The molecule has 0 aliphatic carbocycles. The molecule has 0 spiro atoms. The molecule has 3 N–H and O–H groups in total. The first kappa shape index (κ1) is 17.2. The molecule has 0 unspecified atom stereocenters. The van der Waals surface area contributed by atoms with Gasteiger partial charge in [-0.2, -0.15) is 0 Å². The molecule has 2 heterocycles. The number of hydrogen-bond acceptors (Lipinski definition) is 5. The summed E-state index contributed by atoms with van der Waals surface area (Å²) in [4.78, 5) is 9.57. The number of hydrogen-bond donors (Lipinski definition) is 2. The maximum Gasteiger partial charge on any atom is 0.157 e. The van der Waals surface area contributed by atoms with Crippen LogP contribution in [0.5, 0.6) is 5.75 Å². The van der Waals surface area contributed by atoms with Gasteiger partial charge in [-0.05, 0) is 36.2 Å². The van der Waals surface area contributed by atoms with Crippen LogP contribution >= 0.6 is 0 Å². The number of aromatic nitrogens is 2. The van der Waals surface area contributed by atoms with E-state index in [9.17, 15) is 0 Å². The van der Waals surface area contributed by atoms with Crippen molar-refractivity contribution in [3.8, 4) is 28.1 Å². The molecule has 0 saturated carbocycles. The molecular weight excluding hydrogens is 336 g/mol. The molecule has 1 aromatic heterocycles. The van der Waals surface area contributed by atoms with Crippen molar-refractivity contribution in [3.63, 3.8) is 0 Å². The highest BCUT2D eigenvalue weighted by Crippen LogP contribution is 2.36. The van der Waals surface area contributed by atoms with Gasteiger partial charge in [0.25, 0.3) is 0 Å². The Morgan fingerprint density at radius 3 is 2.41 bits per heavy atom. The zero-order valence-corrected chi connectivity index (χ0v) is 15.3. The van der Waals surface area contributed by atoms with Gasteiger partial charge in [0.2, 0.25) is 0 Å². The van der Waals surface area contributed by atoms with E-state index in [1.54, 1.807) is 7.11 Å². The first-order valence-corrected chi connectivity index (χ1v) is 9.04. The fourth-order valence-electron chi connectivity index (χ4n) is 3.29. The summed E-state index contributed by atoms with van der Waals surface area (Å²) in [6.45, 7) is 1.76. The molecule has 0 radical (unpaired) electrons. The summed E-state index contributed by atoms with van der Waals surface area (Å²) in [6.07, 6.45) is 3.04. The van der Waals surface area contributed by atoms with E-state index in [0.717, 1.165) is 53.2 Å². The van der Waals surface area contributed by atoms with Gasteiger partial charge in [0.1, 0.15) is 11.6 Å². The molecule has 136 valence electrons. The van der Waals surface area contributed by atoms with Gasteiger partial charge in [-0.25, -0.2) is 9.97 Å². The fraction of sp³-hybridized carbons (Fsp3) is 0.182. The van der Waals surface area contributed by atoms with Crippen LogP contribution < -0.4 is 15.8 Å². The van der Waals surface area contributed by atoms with Crippen molar-refractivity contribution in [2.24, 2.45) is 0 Å². The van der Waals surface area contributed by atoms with Crippen molar-refractivity contribution >= 4 is 11.4 Å². The van der Waals surface area contributed by atoms with E-state index >= 15 is 0 Å². The number of rotatable bonds is 4. The van der Waals surface area contributed by atoms with Gasteiger partial charge in [-0.15, -0.1) is 0 Å². The molecule has 4 rings (SSSR count). The van der Waals surface area contributed by atoms with Gasteiger partial charge in [0.15, 0.2) is 5.82 Å². The molecule has 0 fully saturated rings. The SMILES string of the molecule is COc1ccc(-c2c(N)nc(C3=CCNCC3)nc2-c2ccccc2)cc1. The molecular formula is C22H22N4O. The molecule has 0 saturated heterocycles. The van der Waals surface area contributed by atoms with Crippen LogP contribution in [0.2, 0.25) is 0 Å². The van der Waals surface area contributed by atoms with Crippen molar-refractivity contribution in [1.29, 1.82) is 0 Å². The summed E-state index contributed by atoms with van der Waals surface area (Å²) in [5, 5.41) is 3.32. The largest absolute Gasteiger partial charge is 0.497 e. The summed E-state index contributed by atoms with van der Waals surface area (Å²) < 4.78 is 5.27. The number of nitrogens with zero attached hydrogens (tertiary/aromatic N) is 2. The van der Waals surface area contributed by atoms with Gasteiger partial charge < -0.3 is 15.8 Å². The van der Waals surface area contributed by atoms with E-state index in [-0.39, 0.29) is 0 Å². The van der Waals surface area contributed by atoms with Crippen molar-refractivity contribution in [2.75, 3.05) is 25.9 Å². The van der Waals surface area contributed by atoms with Crippen molar-refractivity contribution in [3.05, 3.63) is 66.5 Å². The zero-order valence-electron chi connectivity index (χ0n) is 15.3. The average Bonchev–Trinajstić information content (AvgIpc) is 2.74. The van der Waals surface area contributed by atoms with Crippen LogP contribution in [-0.2, 0) is 0 Å². The molecule has 0 amide bonds. The van der Waals surface area contributed by atoms with E-state index in [4.69, 9.17) is 15.5 Å². The summed E-state index contributed by atoms with van der Waals surface area (Å²) in [6, 6.07) is 17.9. The lowest BCUT2D eigenvalue weighted by Crippen LogP contribution is -2.21. The number of ether oxygens (including phenoxy) is 1. The first-order chi connectivity index (χ1) is 13.3. The zero-order chi connectivity index (χ0) is 18.6. The predicted molar refractivity (Wildman–Crippen MR) is 109 cm³/mol. The van der Waals surface area contributed by atoms with Gasteiger partial charge in [-0.1, -0.05) is 48.5 Å². The minimum atomic E-state index is 0.489. The second kappa shape index (κ2) is 7.60. The fourth-order valence-corrected chi connectivity index (χ4v) is 3.29. The Labute approximate surface area is 158 Å². The molecule has 0 atom stereocenters. The minimum absolute atomic E-state index is 0.489. The van der Waals surface area contributed by atoms with Crippen LogP contribution in [0.25, 0.3) is 28.0 Å². The Balaban J connectivity index is 1.90.